The van der Waals surface area contributed by atoms with Crippen LogP contribution in [0.3, 0.4) is 0 Å². The van der Waals surface area contributed by atoms with Gasteiger partial charge in [0.1, 0.15) is 0 Å². The first-order chi connectivity index (χ1) is 16.3. The highest BCUT2D eigenvalue weighted by molar-refractivity contribution is 5.86. The smallest absolute Gasteiger partial charge is 0.309 e. The van der Waals surface area contributed by atoms with E-state index in [0.29, 0.717) is 39.0 Å². The highest BCUT2D eigenvalue weighted by Gasteiger charge is 2.30. The Balaban J connectivity index is 1.57. The molecule has 34 heavy (non-hydrogen) atoms. The van der Waals surface area contributed by atoms with Crippen molar-refractivity contribution in [2.75, 3.05) is 19.7 Å². The van der Waals surface area contributed by atoms with Crippen LogP contribution in [-0.4, -0.2) is 41.5 Å². The van der Waals surface area contributed by atoms with Gasteiger partial charge in [0.2, 0.25) is 5.91 Å². The summed E-state index contributed by atoms with van der Waals surface area (Å²) in [6.45, 7) is 10.1. The third-order valence-corrected chi connectivity index (χ3v) is 7.02. The van der Waals surface area contributed by atoms with Crippen molar-refractivity contribution in [2.45, 2.75) is 58.3 Å². The van der Waals surface area contributed by atoms with Gasteiger partial charge in [0.05, 0.1) is 12.5 Å². The summed E-state index contributed by atoms with van der Waals surface area (Å²) in [7, 11) is 0. The molecule has 1 amide bonds. The number of nitrogens with zero attached hydrogens (tertiary/aromatic N) is 1. The second-order valence-corrected chi connectivity index (χ2v) is 10.3. The molecule has 0 bridgehead atoms. The fourth-order valence-corrected chi connectivity index (χ4v) is 4.93. The van der Waals surface area contributed by atoms with Crippen molar-refractivity contribution in [1.82, 2.24) is 9.88 Å². The van der Waals surface area contributed by atoms with Gasteiger partial charge in [0, 0.05) is 42.5 Å². The molecule has 1 unspecified atom stereocenters. The Bertz CT molecular complexity index is 1130. The molecule has 0 radical (unpaired) electrons. The van der Waals surface area contributed by atoms with E-state index in [9.17, 15) is 9.59 Å². The minimum Gasteiger partial charge on any atom is -0.466 e. The van der Waals surface area contributed by atoms with E-state index in [-0.39, 0.29) is 29.1 Å². The Labute approximate surface area is 202 Å². The van der Waals surface area contributed by atoms with E-state index < -0.39 is 0 Å². The summed E-state index contributed by atoms with van der Waals surface area (Å²) < 4.78 is 5.18. The summed E-state index contributed by atoms with van der Waals surface area (Å²) in [4.78, 5) is 30.8. The van der Waals surface area contributed by atoms with Crippen molar-refractivity contribution in [3.05, 3.63) is 71.4 Å². The maximum Gasteiger partial charge on any atom is 0.309 e. The molecule has 2 heterocycles. The second-order valence-electron chi connectivity index (χ2n) is 10.3. The van der Waals surface area contributed by atoms with E-state index in [1.54, 1.807) is 0 Å². The van der Waals surface area contributed by atoms with Crippen molar-refractivity contribution in [2.24, 2.45) is 5.92 Å². The van der Waals surface area contributed by atoms with Gasteiger partial charge >= 0.3 is 5.97 Å². The van der Waals surface area contributed by atoms with Crippen LogP contribution < -0.4 is 0 Å². The lowest BCUT2D eigenvalue weighted by Crippen LogP contribution is -2.41. The summed E-state index contributed by atoms with van der Waals surface area (Å²) in [5, 5.41) is 1.15. The molecule has 1 aliphatic heterocycles. The number of nitrogens with one attached hydrogen (secondary N) is 1. The topological polar surface area (TPSA) is 62.4 Å². The maximum absolute atomic E-state index is 13.4. The van der Waals surface area contributed by atoms with E-state index in [1.807, 2.05) is 30.2 Å². The largest absolute Gasteiger partial charge is 0.466 e. The number of esters is 1. The van der Waals surface area contributed by atoms with Crippen LogP contribution in [0.15, 0.2) is 54.7 Å². The zero-order valence-electron chi connectivity index (χ0n) is 20.8. The van der Waals surface area contributed by atoms with Crippen LogP contribution in [0.5, 0.6) is 0 Å². The van der Waals surface area contributed by atoms with Crippen LogP contribution in [-0.2, 0) is 19.7 Å². The van der Waals surface area contributed by atoms with Crippen LogP contribution in [0.2, 0.25) is 0 Å². The lowest BCUT2D eigenvalue weighted by atomic mass is 9.83. The number of para-hydroxylation sites is 1. The number of rotatable bonds is 6. The third kappa shape index (κ3) is 5.19. The van der Waals surface area contributed by atoms with Gasteiger partial charge in [-0.2, -0.15) is 0 Å². The maximum atomic E-state index is 13.4. The fourth-order valence-electron chi connectivity index (χ4n) is 4.93. The second kappa shape index (κ2) is 10.0. The van der Waals surface area contributed by atoms with Crippen LogP contribution in [0, 0.1) is 5.92 Å². The number of likely N-dealkylation sites (tertiary alicyclic amines) is 1. The van der Waals surface area contributed by atoms with E-state index in [0.717, 1.165) is 22.0 Å². The molecule has 4 rings (SSSR count). The van der Waals surface area contributed by atoms with Gasteiger partial charge in [-0.3, -0.25) is 9.59 Å². The number of aromatic nitrogens is 1. The molecule has 2 aromatic carbocycles. The number of fused-ring (bicyclic) bond motifs is 1. The zero-order valence-corrected chi connectivity index (χ0v) is 20.8. The molecular formula is C29H36N2O3. The summed E-state index contributed by atoms with van der Waals surface area (Å²) in [5.41, 5.74) is 4.73. The Morgan fingerprint density at radius 3 is 2.38 bits per heavy atom. The van der Waals surface area contributed by atoms with Crippen molar-refractivity contribution >= 4 is 22.8 Å². The minimum absolute atomic E-state index is 0.0413. The first-order valence-corrected chi connectivity index (χ1v) is 12.4. The molecule has 3 aromatic rings. The number of piperidine rings is 1. The lowest BCUT2D eigenvalue weighted by molar-refractivity contribution is -0.151. The summed E-state index contributed by atoms with van der Waals surface area (Å²) in [5.74, 6) is -0.138. The first kappa shape index (κ1) is 24.1. The standard InChI is InChI=1S/C29H36N2O3/c1-5-34-28(33)21-14-16-31(17-15-21)27(32)18-24(20-10-12-22(13-11-20)29(2,3)4)25-19-30-26-9-7-6-8-23(25)26/h6-13,19,21,24,30H,5,14-18H2,1-4H3. The SMILES string of the molecule is CCOC(=O)C1CCN(C(=O)CC(c2ccc(C(C)(C)C)cc2)c2c[nH]c3ccccc23)CC1. The Kier molecular flexibility index (Phi) is 7.11. The van der Waals surface area contributed by atoms with Gasteiger partial charge in [-0.1, -0.05) is 63.2 Å². The highest BCUT2D eigenvalue weighted by Crippen LogP contribution is 2.35. The zero-order chi connectivity index (χ0) is 24.3. The average molecular weight is 461 g/mol. The normalized spacial score (nSPS) is 15.9. The van der Waals surface area contributed by atoms with Gasteiger partial charge in [0.15, 0.2) is 0 Å². The molecule has 1 aliphatic rings. The monoisotopic (exact) mass is 460 g/mol. The number of H-pyrrole nitrogens is 1. The quantitative estimate of drug-likeness (QED) is 0.474. The molecule has 1 saturated heterocycles. The third-order valence-electron chi connectivity index (χ3n) is 7.02. The van der Waals surface area contributed by atoms with Gasteiger partial charge in [0.25, 0.3) is 0 Å². The molecule has 5 nitrogen and oxygen atoms in total. The molecule has 0 spiro atoms. The number of benzene rings is 2. The van der Waals surface area contributed by atoms with Gasteiger partial charge in [-0.25, -0.2) is 0 Å². The van der Waals surface area contributed by atoms with Crippen molar-refractivity contribution < 1.29 is 14.3 Å². The van der Waals surface area contributed by atoms with E-state index in [1.165, 1.54) is 5.56 Å². The van der Waals surface area contributed by atoms with Crippen LogP contribution in [0.4, 0.5) is 0 Å². The number of carbonyl (C=O) groups is 2. The molecular weight excluding hydrogens is 424 g/mol. The molecule has 0 aliphatic carbocycles. The molecule has 0 saturated carbocycles. The van der Waals surface area contributed by atoms with Crippen LogP contribution in [0.1, 0.15) is 69.6 Å². The molecule has 1 fully saturated rings. The van der Waals surface area contributed by atoms with Gasteiger partial charge in [-0.05, 0) is 47.9 Å². The molecule has 5 heteroatoms. The van der Waals surface area contributed by atoms with E-state index in [2.05, 4.69) is 62.2 Å². The number of hydrogen-bond donors (Lipinski definition) is 1. The molecule has 180 valence electrons. The predicted octanol–water partition coefficient (Wildman–Crippen LogP) is 5.79. The molecule has 1 atom stereocenters. The number of aromatic amines is 1. The van der Waals surface area contributed by atoms with Crippen molar-refractivity contribution in [3.63, 3.8) is 0 Å². The summed E-state index contributed by atoms with van der Waals surface area (Å²) >= 11 is 0. The Morgan fingerprint density at radius 2 is 1.74 bits per heavy atom. The van der Waals surface area contributed by atoms with Crippen LogP contribution >= 0.6 is 0 Å². The lowest BCUT2D eigenvalue weighted by Gasteiger charge is -2.32. The minimum atomic E-state index is -0.134. The predicted molar refractivity (Wildman–Crippen MR) is 136 cm³/mol. The first-order valence-electron chi connectivity index (χ1n) is 12.4. The molecule has 1 aromatic heterocycles. The number of amides is 1. The van der Waals surface area contributed by atoms with Crippen molar-refractivity contribution in [3.8, 4) is 0 Å². The molecule has 1 N–H and O–H groups in total. The highest BCUT2D eigenvalue weighted by atomic mass is 16.5. The summed E-state index contributed by atoms with van der Waals surface area (Å²) in [6.07, 6.45) is 3.79. The van der Waals surface area contributed by atoms with E-state index >= 15 is 0 Å². The number of carbonyl (C=O) groups excluding carboxylic acids is 2. The average Bonchev–Trinajstić information content (AvgIpc) is 3.26. The van der Waals surface area contributed by atoms with Crippen molar-refractivity contribution in [1.29, 1.82) is 0 Å². The number of hydrogen-bond acceptors (Lipinski definition) is 3. The van der Waals surface area contributed by atoms with Crippen LogP contribution in [0.25, 0.3) is 10.9 Å². The van der Waals surface area contributed by atoms with Gasteiger partial charge < -0.3 is 14.6 Å². The van der Waals surface area contributed by atoms with Gasteiger partial charge in [-0.15, -0.1) is 0 Å². The summed E-state index contributed by atoms with van der Waals surface area (Å²) in [6, 6.07) is 17.0. The number of ether oxygens (including phenoxy) is 1. The van der Waals surface area contributed by atoms with E-state index in [4.69, 9.17) is 4.74 Å². The fraction of sp³-hybridized carbons (Fsp3) is 0.448. The Morgan fingerprint density at radius 1 is 1.06 bits per heavy atom. The Hall–Kier alpha value is -3.08.